The Balaban J connectivity index is 2.10. The van der Waals surface area contributed by atoms with Crippen LogP contribution in [-0.4, -0.2) is 33.0 Å². The summed E-state index contributed by atoms with van der Waals surface area (Å²) in [7, 11) is 1.97. The van der Waals surface area contributed by atoms with Crippen molar-refractivity contribution in [2.75, 3.05) is 18.1 Å². The zero-order valence-electron chi connectivity index (χ0n) is 7.94. The zero-order chi connectivity index (χ0) is 9.52. The highest BCUT2D eigenvalue weighted by molar-refractivity contribution is 7.99. The van der Waals surface area contributed by atoms with E-state index in [2.05, 4.69) is 5.10 Å². The van der Waals surface area contributed by atoms with Crippen molar-refractivity contribution in [1.29, 1.82) is 0 Å². The maximum atomic E-state index is 8.57. The minimum absolute atomic E-state index is 0.304. The maximum Gasteiger partial charge on any atom is 0.0492 e. The molecule has 0 unspecified atom stereocenters. The van der Waals surface area contributed by atoms with E-state index in [-0.39, 0.29) is 0 Å². The van der Waals surface area contributed by atoms with Crippen molar-refractivity contribution in [2.24, 2.45) is 7.05 Å². The Bertz CT molecular complexity index is 237. The molecule has 0 aliphatic rings. The van der Waals surface area contributed by atoms with Gasteiger partial charge in [0.1, 0.15) is 0 Å². The fourth-order valence-electron chi connectivity index (χ4n) is 1.09. The Morgan fingerprint density at radius 3 is 3.00 bits per heavy atom. The summed E-state index contributed by atoms with van der Waals surface area (Å²) in [6, 6.07) is 2.05. The molecule has 74 valence electrons. The van der Waals surface area contributed by atoms with Gasteiger partial charge >= 0.3 is 0 Å². The fourth-order valence-corrected chi connectivity index (χ4v) is 1.98. The Morgan fingerprint density at radius 2 is 2.38 bits per heavy atom. The van der Waals surface area contributed by atoms with E-state index in [9.17, 15) is 0 Å². The molecule has 0 radical (unpaired) electrons. The van der Waals surface area contributed by atoms with E-state index in [0.717, 1.165) is 24.3 Å². The molecule has 13 heavy (non-hydrogen) atoms. The molecule has 0 saturated carbocycles. The Hall–Kier alpha value is -0.480. The summed E-state index contributed by atoms with van der Waals surface area (Å²) in [4.78, 5) is 0. The molecule has 3 nitrogen and oxygen atoms in total. The van der Waals surface area contributed by atoms with Gasteiger partial charge in [-0.2, -0.15) is 16.9 Å². The minimum Gasteiger partial charge on any atom is -0.396 e. The summed E-state index contributed by atoms with van der Waals surface area (Å²) in [5.41, 5.74) is 1.27. The van der Waals surface area contributed by atoms with Crippen LogP contribution in [0.25, 0.3) is 0 Å². The van der Waals surface area contributed by atoms with Crippen molar-refractivity contribution >= 4 is 11.8 Å². The maximum absolute atomic E-state index is 8.57. The Morgan fingerprint density at radius 1 is 1.54 bits per heavy atom. The molecule has 1 heterocycles. The predicted molar refractivity (Wildman–Crippen MR) is 55.9 cm³/mol. The normalized spacial score (nSPS) is 10.6. The van der Waals surface area contributed by atoms with Crippen LogP contribution in [0.2, 0.25) is 0 Å². The standard InChI is InChI=1S/C9H16N2OS/c1-11-9(3-5-10-11)4-8-13-7-2-6-12/h3,5,12H,2,4,6-8H2,1H3. The molecule has 1 aromatic rings. The largest absolute Gasteiger partial charge is 0.396 e. The smallest absolute Gasteiger partial charge is 0.0492 e. The summed E-state index contributed by atoms with van der Waals surface area (Å²) in [5, 5.41) is 12.7. The summed E-state index contributed by atoms with van der Waals surface area (Å²) in [5.74, 6) is 2.16. The first kappa shape index (κ1) is 10.6. The molecule has 1 N–H and O–H groups in total. The highest BCUT2D eigenvalue weighted by Gasteiger charge is 1.97. The quantitative estimate of drug-likeness (QED) is 0.698. The molecular formula is C9H16N2OS. The van der Waals surface area contributed by atoms with E-state index in [0.29, 0.717) is 6.61 Å². The van der Waals surface area contributed by atoms with Crippen molar-refractivity contribution in [3.63, 3.8) is 0 Å². The predicted octanol–water partition coefficient (Wildman–Crippen LogP) is 1.08. The van der Waals surface area contributed by atoms with Crippen LogP contribution in [0.4, 0.5) is 0 Å². The van der Waals surface area contributed by atoms with Crippen LogP contribution in [0.15, 0.2) is 12.3 Å². The van der Waals surface area contributed by atoms with Crippen LogP contribution < -0.4 is 0 Å². The monoisotopic (exact) mass is 200 g/mol. The van der Waals surface area contributed by atoms with E-state index < -0.39 is 0 Å². The number of thioether (sulfide) groups is 1. The summed E-state index contributed by atoms with van der Waals surface area (Å²) in [6.45, 7) is 0.304. The van der Waals surface area contributed by atoms with Gasteiger partial charge < -0.3 is 5.11 Å². The molecule has 0 atom stereocenters. The minimum atomic E-state index is 0.304. The lowest BCUT2D eigenvalue weighted by atomic mass is 10.3. The van der Waals surface area contributed by atoms with Gasteiger partial charge in [0.25, 0.3) is 0 Å². The Kier molecular flexibility index (Phi) is 4.93. The number of aromatic nitrogens is 2. The van der Waals surface area contributed by atoms with Gasteiger partial charge in [0, 0.05) is 25.5 Å². The number of hydrogen-bond donors (Lipinski definition) is 1. The van der Waals surface area contributed by atoms with Crippen molar-refractivity contribution < 1.29 is 5.11 Å². The highest BCUT2D eigenvalue weighted by atomic mass is 32.2. The van der Waals surface area contributed by atoms with Crippen LogP contribution in [0.5, 0.6) is 0 Å². The summed E-state index contributed by atoms with van der Waals surface area (Å²) >= 11 is 1.88. The van der Waals surface area contributed by atoms with Crippen molar-refractivity contribution in [3.8, 4) is 0 Å². The number of hydrogen-bond acceptors (Lipinski definition) is 3. The molecule has 0 aliphatic heterocycles. The average molecular weight is 200 g/mol. The lowest BCUT2D eigenvalue weighted by Gasteiger charge is -2.01. The topological polar surface area (TPSA) is 38.0 Å². The first-order valence-electron chi connectivity index (χ1n) is 4.50. The first-order valence-corrected chi connectivity index (χ1v) is 5.65. The van der Waals surface area contributed by atoms with E-state index in [4.69, 9.17) is 5.11 Å². The molecule has 1 rings (SSSR count). The van der Waals surface area contributed by atoms with E-state index in [1.807, 2.05) is 35.8 Å². The molecule has 0 saturated heterocycles. The van der Waals surface area contributed by atoms with Crippen LogP contribution >= 0.6 is 11.8 Å². The number of rotatable bonds is 6. The molecule has 0 fully saturated rings. The SMILES string of the molecule is Cn1nccc1CCSCCCO. The van der Waals surface area contributed by atoms with E-state index >= 15 is 0 Å². The molecule has 0 bridgehead atoms. The number of aryl methyl sites for hydroxylation is 2. The molecule has 0 aliphatic carbocycles. The van der Waals surface area contributed by atoms with Gasteiger partial charge in [-0.1, -0.05) is 0 Å². The van der Waals surface area contributed by atoms with Crippen LogP contribution in [0.1, 0.15) is 12.1 Å². The second-order valence-electron chi connectivity index (χ2n) is 2.89. The molecule has 0 amide bonds. The van der Waals surface area contributed by atoms with E-state index in [1.54, 1.807) is 0 Å². The van der Waals surface area contributed by atoms with Gasteiger partial charge in [0.05, 0.1) is 0 Å². The van der Waals surface area contributed by atoms with Gasteiger partial charge in [0.2, 0.25) is 0 Å². The van der Waals surface area contributed by atoms with Crippen LogP contribution in [0, 0.1) is 0 Å². The van der Waals surface area contributed by atoms with Crippen molar-refractivity contribution in [1.82, 2.24) is 9.78 Å². The third-order valence-corrected chi connectivity index (χ3v) is 2.94. The lowest BCUT2D eigenvalue weighted by Crippen LogP contribution is -2.00. The van der Waals surface area contributed by atoms with Gasteiger partial charge in [-0.25, -0.2) is 0 Å². The van der Waals surface area contributed by atoms with E-state index in [1.165, 1.54) is 5.69 Å². The second kappa shape index (κ2) is 6.05. The zero-order valence-corrected chi connectivity index (χ0v) is 8.76. The van der Waals surface area contributed by atoms with Gasteiger partial charge in [0.15, 0.2) is 0 Å². The summed E-state index contributed by atoms with van der Waals surface area (Å²) < 4.78 is 1.91. The van der Waals surface area contributed by atoms with Crippen LogP contribution in [0.3, 0.4) is 0 Å². The van der Waals surface area contributed by atoms with Gasteiger partial charge in [-0.3, -0.25) is 4.68 Å². The second-order valence-corrected chi connectivity index (χ2v) is 4.11. The number of aliphatic hydroxyl groups excluding tert-OH is 1. The lowest BCUT2D eigenvalue weighted by molar-refractivity contribution is 0.296. The van der Waals surface area contributed by atoms with Gasteiger partial charge in [-0.15, -0.1) is 0 Å². The number of aliphatic hydroxyl groups is 1. The number of nitrogens with zero attached hydrogens (tertiary/aromatic N) is 2. The highest BCUT2D eigenvalue weighted by Crippen LogP contribution is 2.06. The van der Waals surface area contributed by atoms with Crippen LogP contribution in [-0.2, 0) is 13.5 Å². The van der Waals surface area contributed by atoms with Crippen molar-refractivity contribution in [3.05, 3.63) is 18.0 Å². The fraction of sp³-hybridized carbons (Fsp3) is 0.667. The third-order valence-electron chi connectivity index (χ3n) is 1.87. The molecule has 0 spiro atoms. The molecule has 0 aromatic carbocycles. The molecule has 4 heteroatoms. The molecular weight excluding hydrogens is 184 g/mol. The first-order chi connectivity index (χ1) is 6.34. The average Bonchev–Trinajstić information content (AvgIpc) is 2.52. The van der Waals surface area contributed by atoms with Gasteiger partial charge in [-0.05, 0) is 30.4 Å². The van der Waals surface area contributed by atoms with Crippen molar-refractivity contribution in [2.45, 2.75) is 12.8 Å². The third kappa shape index (κ3) is 3.83. The summed E-state index contributed by atoms with van der Waals surface area (Å²) in [6.07, 6.45) is 3.79. The Labute approximate surface area is 83.1 Å². The molecule has 1 aromatic heterocycles.